The molecule has 2 saturated carbocycles. The third kappa shape index (κ3) is 4.37. The molecule has 1 aliphatic heterocycles. The lowest BCUT2D eigenvalue weighted by Crippen LogP contribution is -2.50. The van der Waals surface area contributed by atoms with Gasteiger partial charge in [-0.05, 0) is 38.5 Å². The number of hydrogen-bond donors (Lipinski definition) is 2. The second kappa shape index (κ2) is 7.34. The molecule has 124 valence electrons. The molecule has 5 nitrogen and oxygen atoms in total. The maximum atomic E-state index is 12.5. The summed E-state index contributed by atoms with van der Waals surface area (Å²) in [4.78, 5) is 26.5. The molecule has 0 aromatic heterocycles. The molecular weight excluding hydrogens is 278 g/mol. The molecule has 5 heteroatoms. The Morgan fingerprint density at radius 1 is 0.773 bits per heavy atom. The Balaban J connectivity index is 1.47. The fourth-order valence-corrected chi connectivity index (χ4v) is 3.61. The molecule has 1 heterocycles. The van der Waals surface area contributed by atoms with Crippen LogP contribution in [-0.2, 0) is 4.79 Å². The SMILES string of the molecule is O=C(NC1CCCCCC1)C1CCCN(C(=O)NC2CC2)C1. The summed E-state index contributed by atoms with van der Waals surface area (Å²) in [6.45, 7) is 1.36. The fraction of sp³-hybridized carbons (Fsp3) is 0.882. The minimum Gasteiger partial charge on any atom is -0.353 e. The van der Waals surface area contributed by atoms with Crippen LogP contribution in [0.2, 0.25) is 0 Å². The van der Waals surface area contributed by atoms with E-state index in [1.54, 1.807) is 0 Å². The molecule has 0 bridgehead atoms. The molecule has 3 aliphatic rings. The van der Waals surface area contributed by atoms with E-state index in [-0.39, 0.29) is 17.9 Å². The van der Waals surface area contributed by atoms with Gasteiger partial charge in [0.05, 0.1) is 5.92 Å². The standard InChI is InChI=1S/C17H29N3O2/c21-16(18-14-7-3-1-2-4-8-14)13-6-5-11-20(12-13)17(22)19-15-9-10-15/h13-15H,1-12H2,(H,18,21)(H,19,22). The molecule has 0 aromatic rings. The largest absolute Gasteiger partial charge is 0.353 e. The first-order chi connectivity index (χ1) is 10.7. The summed E-state index contributed by atoms with van der Waals surface area (Å²) in [5.74, 6) is 0.137. The molecular formula is C17H29N3O2. The molecule has 22 heavy (non-hydrogen) atoms. The van der Waals surface area contributed by atoms with Crippen LogP contribution < -0.4 is 10.6 Å². The Hall–Kier alpha value is -1.26. The Morgan fingerprint density at radius 3 is 2.14 bits per heavy atom. The smallest absolute Gasteiger partial charge is 0.317 e. The monoisotopic (exact) mass is 307 g/mol. The summed E-state index contributed by atoms with van der Waals surface area (Å²) in [7, 11) is 0. The van der Waals surface area contributed by atoms with Gasteiger partial charge in [-0.3, -0.25) is 4.79 Å². The summed E-state index contributed by atoms with van der Waals surface area (Å²) in [6, 6.07) is 0.757. The van der Waals surface area contributed by atoms with Crippen molar-refractivity contribution in [2.24, 2.45) is 5.92 Å². The van der Waals surface area contributed by atoms with Crippen molar-refractivity contribution in [3.05, 3.63) is 0 Å². The molecule has 3 fully saturated rings. The summed E-state index contributed by atoms with van der Waals surface area (Å²) in [6.07, 6.45) is 11.3. The lowest BCUT2D eigenvalue weighted by molar-refractivity contribution is -0.127. The van der Waals surface area contributed by atoms with Crippen molar-refractivity contribution in [3.63, 3.8) is 0 Å². The van der Waals surface area contributed by atoms with Crippen LogP contribution in [0.3, 0.4) is 0 Å². The van der Waals surface area contributed by atoms with Gasteiger partial charge >= 0.3 is 6.03 Å². The summed E-state index contributed by atoms with van der Waals surface area (Å²) >= 11 is 0. The van der Waals surface area contributed by atoms with Gasteiger partial charge in [0, 0.05) is 25.2 Å². The number of piperidine rings is 1. The second-order valence-electron chi connectivity index (χ2n) is 7.21. The Kier molecular flexibility index (Phi) is 5.21. The average molecular weight is 307 g/mol. The number of rotatable bonds is 3. The Morgan fingerprint density at radius 2 is 1.45 bits per heavy atom. The zero-order valence-electron chi connectivity index (χ0n) is 13.5. The zero-order chi connectivity index (χ0) is 15.4. The van der Waals surface area contributed by atoms with E-state index < -0.39 is 0 Å². The second-order valence-corrected chi connectivity index (χ2v) is 7.21. The summed E-state index contributed by atoms with van der Waals surface area (Å²) in [5.41, 5.74) is 0. The molecule has 0 spiro atoms. The molecule has 3 amide bonds. The topological polar surface area (TPSA) is 61.4 Å². The van der Waals surface area contributed by atoms with E-state index in [2.05, 4.69) is 10.6 Å². The molecule has 1 atom stereocenters. The van der Waals surface area contributed by atoms with Crippen LogP contribution in [0.25, 0.3) is 0 Å². The summed E-state index contributed by atoms with van der Waals surface area (Å²) < 4.78 is 0. The van der Waals surface area contributed by atoms with Crippen LogP contribution in [0.4, 0.5) is 4.79 Å². The summed E-state index contributed by atoms with van der Waals surface area (Å²) in [5, 5.41) is 6.27. The van der Waals surface area contributed by atoms with Gasteiger partial charge < -0.3 is 15.5 Å². The van der Waals surface area contributed by atoms with E-state index in [0.29, 0.717) is 18.6 Å². The Labute approximate surface area is 133 Å². The molecule has 1 unspecified atom stereocenters. The van der Waals surface area contributed by atoms with Gasteiger partial charge in [0.1, 0.15) is 0 Å². The Bertz CT molecular complexity index is 401. The molecule has 2 aliphatic carbocycles. The highest BCUT2D eigenvalue weighted by molar-refractivity contribution is 5.81. The maximum absolute atomic E-state index is 12.5. The first-order valence-corrected chi connectivity index (χ1v) is 9.08. The highest BCUT2D eigenvalue weighted by Crippen LogP contribution is 2.22. The fourth-order valence-electron chi connectivity index (χ4n) is 3.61. The number of likely N-dealkylation sites (tertiary alicyclic amines) is 1. The average Bonchev–Trinajstić information content (AvgIpc) is 3.35. The van der Waals surface area contributed by atoms with Gasteiger partial charge in [0.15, 0.2) is 0 Å². The van der Waals surface area contributed by atoms with Crippen LogP contribution in [-0.4, -0.2) is 42.0 Å². The third-order valence-corrected chi connectivity index (χ3v) is 5.19. The highest BCUT2D eigenvalue weighted by Gasteiger charge is 2.32. The van der Waals surface area contributed by atoms with Gasteiger partial charge in [-0.1, -0.05) is 25.7 Å². The quantitative estimate of drug-likeness (QED) is 0.787. The minimum absolute atomic E-state index is 0.0227. The van der Waals surface area contributed by atoms with Crippen molar-refractivity contribution in [1.29, 1.82) is 0 Å². The van der Waals surface area contributed by atoms with Crippen molar-refractivity contribution < 1.29 is 9.59 Å². The van der Waals surface area contributed by atoms with Crippen LogP contribution in [0.1, 0.15) is 64.2 Å². The number of carbonyl (C=O) groups excluding carboxylic acids is 2. The number of carbonyl (C=O) groups is 2. The molecule has 0 aromatic carbocycles. The van der Waals surface area contributed by atoms with Crippen molar-refractivity contribution in [2.75, 3.05) is 13.1 Å². The van der Waals surface area contributed by atoms with Crippen LogP contribution >= 0.6 is 0 Å². The van der Waals surface area contributed by atoms with Crippen molar-refractivity contribution in [3.8, 4) is 0 Å². The zero-order valence-corrected chi connectivity index (χ0v) is 13.5. The van der Waals surface area contributed by atoms with E-state index in [1.807, 2.05) is 4.90 Å². The van der Waals surface area contributed by atoms with Gasteiger partial charge in [-0.2, -0.15) is 0 Å². The molecule has 2 N–H and O–H groups in total. The van der Waals surface area contributed by atoms with E-state index in [0.717, 1.165) is 45.1 Å². The number of urea groups is 1. The number of nitrogens with one attached hydrogen (secondary N) is 2. The van der Waals surface area contributed by atoms with E-state index in [4.69, 9.17) is 0 Å². The number of amides is 3. The normalized spacial score (nSPS) is 27.1. The lowest BCUT2D eigenvalue weighted by atomic mass is 9.96. The van der Waals surface area contributed by atoms with Crippen molar-refractivity contribution in [2.45, 2.75) is 76.3 Å². The number of hydrogen-bond acceptors (Lipinski definition) is 2. The first-order valence-electron chi connectivity index (χ1n) is 9.08. The number of nitrogens with zero attached hydrogens (tertiary/aromatic N) is 1. The highest BCUT2D eigenvalue weighted by atomic mass is 16.2. The maximum Gasteiger partial charge on any atom is 0.317 e. The minimum atomic E-state index is -0.0260. The van der Waals surface area contributed by atoms with E-state index in [9.17, 15) is 9.59 Å². The van der Waals surface area contributed by atoms with Crippen molar-refractivity contribution >= 4 is 11.9 Å². The third-order valence-electron chi connectivity index (χ3n) is 5.19. The molecule has 3 rings (SSSR count). The lowest BCUT2D eigenvalue weighted by Gasteiger charge is -2.33. The van der Waals surface area contributed by atoms with Gasteiger partial charge in [-0.25, -0.2) is 4.79 Å². The van der Waals surface area contributed by atoms with Crippen LogP contribution in [0.5, 0.6) is 0 Å². The van der Waals surface area contributed by atoms with Gasteiger partial charge in [0.25, 0.3) is 0 Å². The van der Waals surface area contributed by atoms with Crippen molar-refractivity contribution in [1.82, 2.24) is 15.5 Å². The predicted octanol–water partition coefficient (Wildman–Crippen LogP) is 2.41. The predicted molar refractivity (Wildman–Crippen MR) is 85.5 cm³/mol. The first kappa shape index (κ1) is 15.6. The van der Waals surface area contributed by atoms with Gasteiger partial charge in [-0.15, -0.1) is 0 Å². The van der Waals surface area contributed by atoms with E-state index >= 15 is 0 Å². The van der Waals surface area contributed by atoms with E-state index in [1.165, 1.54) is 25.7 Å². The van der Waals surface area contributed by atoms with Gasteiger partial charge in [0.2, 0.25) is 5.91 Å². The van der Waals surface area contributed by atoms with Crippen LogP contribution in [0, 0.1) is 5.92 Å². The van der Waals surface area contributed by atoms with Crippen LogP contribution in [0.15, 0.2) is 0 Å². The molecule has 1 saturated heterocycles. The molecule has 0 radical (unpaired) electrons.